The van der Waals surface area contributed by atoms with E-state index in [1.165, 1.54) is 12.8 Å². The Morgan fingerprint density at radius 3 is 2.95 bits per heavy atom. The molecule has 3 unspecified atom stereocenters. The van der Waals surface area contributed by atoms with Crippen molar-refractivity contribution in [3.05, 3.63) is 11.7 Å². The zero-order chi connectivity index (χ0) is 15.1. The quantitative estimate of drug-likeness (QED) is 0.798. The van der Waals surface area contributed by atoms with Crippen LogP contribution in [0.3, 0.4) is 0 Å². The van der Waals surface area contributed by atoms with Crippen LogP contribution in [-0.2, 0) is 11.2 Å². The zero-order valence-corrected chi connectivity index (χ0v) is 13.6. The van der Waals surface area contributed by atoms with Crippen LogP contribution in [0.1, 0.15) is 64.3 Å². The van der Waals surface area contributed by atoms with E-state index in [9.17, 15) is 0 Å². The van der Waals surface area contributed by atoms with Gasteiger partial charge in [0, 0.05) is 13.0 Å². The maximum Gasteiger partial charge on any atom is 0.227 e. The van der Waals surface area contributed by atoms with E-state index in [2.05, 4.69) is 29.3 Å². The molecule has 0 aliphatic carbocycles. The molecule has 1 N–H and O–H groups in total. The minimum Gasteiger partial charge on any atom is -0.370 e. The number of ether oxygens (including phenoxy) is 1. The predicted molar refractivity (Wildman–Crippen MR) is 82.0 cm³/mol. The Balaban J connectivity index is 1.91. The highest BCUT2D eigenvalue weighted by Crippen LogP contribution is 2.24. The second-order valence-corrected chi connectivity index (χ2v) is 6.07. The summed E-state index contributed by atoms with van der Waals surface area (Å²) in [5.74, 6) is 2.75. The molecule has 1 aliphatic heterocycles. The summed E-state index contributed by atoms with van der Waals surface area (Å²) in [6, 6.07) is 0. The van der Waals surface area contributed by atoms with E-state index >= 15 is 0 Å². The van der Waals surface area contributed by atoms with Crippen molar-refractivity contribution >= 4 is 0 Å². The van der Waals surface area contributed by atoms with Gasteiger partial charge >= 0.3 is 0 Å². The molecule has 0 saturated carbocycles. The number of rotatable bonds is 8. The Kier molecular flexibility index (Phi) is 6.64. The second-order valence-electron chi connectivity index (χ2n) is 6.07. The summed E-state index contributed by atoms with van der Waals surface area (Å²) < 4.78 is 11.1. The van der Waals surface area contributed by atoms with E-state index in [1.807, 2.05) is 6.92 Å². The second kappa shape index (κ2) is 8.49. The van der Waals surface area contributed by atoms with E-state index in [0.29, 0.717) is 24.3 Å². The molecule has 1 saturated heterocycles. The topological polar surface area (TPSA) is 60.2 Å². The Labute approximate surface area is 127 Å². The van der Waals surface area contributed by atoms with Crippen LogP contribution >= 0.6 is 0 Å². The molecule has 2 rings (SSSR count). The molecule has 1 fully saturated rings. The first-order chi connectivity index (χ1) is 10.2. The van der Waals surface area contributed by atoms with Crippen molar-refractivity contribution in [2.24, 2.45) is 11.8 Å². The van der Waals surface area contributed by atoms with E-state index in [4.69, 9.17) is 9.26 Å². The molecule has 5 nitrogen and oxygen atoms in total. The van der Waals surface area contributed by atoms with Gasteiger partial charge in [-0.25, -0.2) is 0 Å². The van der Waals surface area contributed by atoms with Crippen LogP contribution in [0.4, 0.5) is 0 Å². The first-order valence-electron chi connectivity index (χ1n) is 8.39. The molecule has 0 spiro atoms. The first kappa shape index (κ1) is 16.4. The summed E-state index contributed by atoms with van der Waals surface area (Å²) in [5, 5.41) is 7.60. The average molecular weight is 295 g/mol. The Morgan fingerprint density at radius 2 is 2.29 bits per heavy atom. The molecular formula is C16H29N3O2. The predicted octanol–water partition coefficient (Wildman–Crippen LogP) is 3.13. The van der Waals surface area contributed by atoms with Gasteiger partial charge in [-0.3, -0.25) is 0 Å². The smallest absolute Gasteiger partial charge is 0.227 e. The molecule has 0 bridgehead atoms. The van der Waals surface area contributed by atoms with Crippen molar-refractivity contribution < 1.29 is 9.26 Å². The highest BCUT2D eigenvalue weighted by atomic mass is 16.5. The summed E-state index contributed by atoms with van der Waals surface area (Å²) >= 11 is 0. The van der Waals surface area contributed by atoms with Crippen LogP contribution in [0.15, 0.2) is 4.52 Å². The Morgan fingerprint density at radius 1 is 1.43 bits per heavy atom. The third-order valence-corrected chi connectivity index (χ3v) is 4.33. The number of aromatic nitrogens is 2. The molecule has 1 aliphatic rings. The van der Waals surface area contributed by atoms with Gasteiger partial charge in [0.15, 0.2) is 0 Å². The maximum atomic E-state index is 5.71. The summed E-state index contributed by atoms with van der Waals surface area (Å²) in [6.45, 7) is 9.37. The molecule has 0 aromatic carbocycles. The highest BCUT2D eigenvalue weighted by Gasteiger charge is 2.23. The third kappa shape index (κ3) is 4.78. The van der Waals surface area contributed by atoms with Crippen LogP contribution in [0, 0.1) is 11.8 Å². The van der Waals surface area contributed by atoms with Gasteiger partial charge in [-0.1, -0.05) is 25.4 Å². The van der Waals surface area contributed by atoms with E-state index in [1.54, 1.807) is 0 Å². The summed E-state index contributed by atoms with van der Waals surface area (Å²) in [4.78, 5) is 4.56. The molecular weight excluding hydrogens is 266 g/mol. The SMILES string of the molecule is CCCC(OCC)c1noc(CC(C)C2CCCNC2)n1. The van der Waals surface area contributed by atoms with Gasteiger partial charge < -0.3 is 14.6 Å². The molecule has 1 aromatic heterocycles. The average Bonchev–Trinajstić information content (AvgIpc) is 2.96. The lowest BCUT2D eigenvalue weighted by atomic mass is 9.85. The third-order valence-electron chi connectivity index (χ3n) is 4.33. The fraction of sp³-hybridized carbons (Fsp3) is 0.875. The minimum atomic E-state index is -0.0239. The number of piperidine rings is 1. The van der Waals surface area contributed by atoms with Crippen LogP contribution in [0.5, 0.6) is 0 Å². The van der Waals surface area contributed by atoms with Crippen LogP contribution in [0.2, 0.25) is 0 Å². The number of nitrogens with zero attached hydrogens (tertiary/aromatic N) is 2. The monoisotopic (exact) mass is 295 g/mol. The largest absolute Gasteiger partial charge is 0.370 e. The van der Waals surface area contributed by atoms with Crippen molar-refractivity contribution in [3.63, 3.8) is 0 Å². The normalized spacial score (nSPS) is 22.1. The Bertz CT molecular complexity index is 396. The summed E-state index contributed by atoms with van der Waals surface area (Å²) in [5.41, 5.74) is 0. The van der Waals surface area contributed by atoms with Crippen LogP contribution in [-0.4, -0.2) is 29.8 Å². The van der Waals surface area contributed by atoms with E-state index in [-0.39, 0.29) is 6.10 Å². The van der Waals surface area contributed by atoms with Crippen molar-refractivity contribution in [2.45, 2.75) is 59.0 Å². The van der Waals surface area contributed by atoms with Crippen LogP contribution in [0.25, 0.3) is 0 Å². The van der Waals surface area contributed by atoms with Gasteiger partial charge in [-0.05, 0) is 51.1 Å². The first-order valence-corrected chi connectivity index (χ1v) is 8.39. The number of nitrogens with one attached hydrogen (secondary N) is 1. The van der Waals surface area contributed by atoms with E-state index < -0.39 is 0 Å². The molecule has 21 heavy (non-hydrogen) atoms. The highest BCUT2D eigenvalue weighted by molar-refractivity contribution is 4.93. The van der Waals surface area contributed by atoms with Crippen molar-refractivity contribution in [1.82, 2.24) is 15.5 Å². The van der Waals surface area contributed by atoms with Gasteiger partial charge in [0.25, 0.3) is 0 Å². The van der Waals surface area contributed by atoms with Crippen molar-refractivity contribution in [2.75, 3.05) is 19.7 Å². The van der Waals surface area contributed by atoms with Crippen molar-refractivity contribution in [3.8, 4) is 0 Å². The lowest BCUT2D eigenvalue weighted by molar-refractivity contribution is 0.0477. The lowest BCUT2D eigenvalue weighted by Crippen LogP contribution is -2.33. The molecule has 120 valence electrons. The fourth-order valence-corrected chi connectivity index (χ4v) is 3.04. The molecule has 5 heteroatoms. The zero-order valence-electron chi connectivity index (χ0n) is 13.6. The number of hydrogen-bond donors (Lipinski definition) is 1. The molecule has 0 radical (unpaired) electrons. The molecule has 0 amide bonds. The molecule has 2 heterocycles. The maximum absolute atomic E-state index is 5.71. The summed E-state index contributed by atoms with van der Waals surface area (Å²) in [7, 11) is 0. The lowest BCUT2D eigenvalue weighted by Gasteiger charge is -2.27. The Hall–Kier alpha value is -0.940. The van der Waals surface area contributed by atoms with Gasteiger partial charge in [0.05, 0.1) is 0 Å². The molecule has 3 atom stereocenters. The van der Waals surface area contributed by atoms with Crippen molar-refractivity contribution in [1.29, 1.82) is 0 Å². The van der Waals surface area contributed by atoms with Crippen LogP contribution < -0.4 is 5.32 Å². The standard InChI is InChI=1S/C16H29N3O2/c1-4-7-14(20-5-2)16-18-15(21-19-16)10-12(3)13-8-6-9-17-11-13/h12-14,17H,4-11H2,1-3H3. The van der Waals surface area contributed by atoms with Gasteiger partial charge in [-0.2, -0.15) is 4.98 Å². The number of hydrogen-bond acceptors (Lipinski definition) is 5. The van der Waals surface area contributed by atoms with Gasteiger partial charge in [0.1, 0.15) is 6.10 Å². The fourth-order valence-electron chi connectivity index (χ4n) is 3.04. The van der Waals surface area contributed by atoms with E-state index in [0.717, 1.165) is 38.2 Å². The van der Waals surface area contributed by atoms with Gasteiger partial charge in [0.2, 0.25) is 11.7 Å². The summed E-state index contributed by atoms with van der Waals surface area (Å²) in [6.07, 6.45) is 5.40. The minimum absolute atomic E-state index is 0.0239. The van der Waals surface area contributed by atoms with Gasteiger partial charge in [-0.15, -0.1) is 0 Å². The molecule has 1 aromatic rings.